The van der Waals surface area contributed by atoms with Gasteiger partial charge in [0.05, 0.1) is 11.0 Å². The predicted molar refractivity (Wildman–Crippen MR) is 100 cm³/mol. The summed E-state index contributed by atoms with van der Waals surface area (Å²) in [5.74, 6) is 7.26. The smallest absolute Gasteiger partial charge is 0.193 e. The third-order valence-electron chi connectivity index (χ3n) is 5.31. The maximum Gasteiger partial charge on any atom is 0.414 e. The number of aliphatic imine (C=N–C) groups is 1. The summed E-state index contributed by atoms with van der Waals surface area (Å²) in [4.78, 5) is 4.35. The van der Waals surface area contributed by atoms with Gasteiger partial charge in [0, 0.05) is 12.5 Å². The number of allylic oxidation sites excluding steroid dienone is 4. The van der Waals surface area contributed by atoms with E-state index in [0.29, 0.717) is 23.7 Å². The van der Waals surface area contributed by atoms with E-state index in [4.69, 9.17) is 17.4 Å². The number of halogens is 4. The Balaban J connectivity index is 2.61. The van der Waals surface area contributed by atoms with Crippen molar-refractivity contribution >= 4 is 17.4 Å². The van der Waals surface area contributed by atoms with Crippen molar-refractivity contribution in [2.24, 2.45) is 16.8 Å². The van der Waals surface area contributed by atoms with Crippen LogP contribution in [-0.4, -0.2) is 28.5 Å². The number of quaternary nitrogens is 1. The Morgan fingerprint density at radius 3 is 2.50 bits per heavy atom. The lowest BCUT2D eigenvalue weighted by molar-refractivity contribution is -0.809. The number of nitrogens with zero attached hydrogens (tertiary/aromatic N) is 2. The van der Waals surface area contributed by atoms with Crippen LogP contribution in [0.2, 0.25) is 0 Å². The molecule has 0 fully saturated rings. The molecule has 0 amide bonds. The van der Waals surface area contributed by atoms with Crippen LogP contribution in [0.5, 0.6) is 0 Å². The molecule has 0 aromatic carbocycles. The second kappa shape index (κ2) is 7.87. The summed E-state index contributed by atoms with van der Waals surface area (Å²) < 4.78 is 40.5. The van der Waals surface area contributed by atoms with Gasteiger partial charge < -0.3 is 0 Å². The summed E-state index contributed by atoms with van der Waals surface area (Å²) in [7, 11) is 0. The maximum atomic E-state index is 13.5. The molecule has 0 radical (unpaired) electrons. The average molecular weight is 391 g/mol. The fourth-order valence-corrected chi connectivity index (χ4v) is 3.93. The summed E-state index contributed by atoms with van der Waals surface area (Å²) in [6.45, 7) is 8.28. The Bertz CT molecular complexity index is 676. The molecule has 1 aliphatic carbocycles. The highest BCUT2D eigenvalue weighted by Crippen LogP contribution is 2.46. The summed E-state index contributed by atoms with van der Waals surface area (Å²) >= 11 is 6.36. The molecule has 0 saturated carbocycles. The van der Waals surface area contributed by atoms with E-state index >= 15 is 0 Å². The molecule has 3 unspecified atom stereocenters. The number of rotatable bonds is 6. The first kappa shape index (κ1) is 21.2. The van der Waals surface area contributed by atoms with Crippen LogP contribution in [-0.2, 0) is 0 Å². The molecule has 1 aliphatic heterocycles. The van der Waals surface area contributed by atoms with Crippen molar-refractivity contribution in [3.05, 3.63) is 34.7 Å². The number of amidine groups is 1. The molecule has 1 heterocycles. The molecule has 3 atom stereocenters. The lowest BCUT2D eigenvalue weighted by Crippen LogP contribution is -2.56. The van der Waals surface area contributed by atoms with E-state index in [1.165, 1.54) is 0 Å². The van der Waals surface area contributed by atoms with E-state index in [1.807, 2.05) is 19.9 Å². The van der Waals surface area contributed by atoms with Gasteiger partial charge in [0.25, 0.3) is 0 Å². The number of alkyl halides is 4. The monoisotopic (exact) mass is 390 g/mol. The maximum absolute atomic E-state index is 13.5. The fraction of sp³-hybridized carbons (Fsp3) is 0.632. The molecule has 0 saturated heterocycles. The number of hydrogen-bond donors (Lipinski definition) is 1. The van der Waals surface area contributed by atoms with Gasteiger partial charge in [-0.3, -0.25) is 0 Å². The summed E-state index contributed by atoms with van der Waals surface area (Å²) in [5.41, 5.74) is 0.584. The topological polar surface area (TPSA) is 38.4 Å². The molecule has 7 heteroatoms. The highest BCUT2D eigenvalue weighted by molar-refractivity contribution is 6.25. The molecule has 2 rings (SSSR count). The fourth-order valence-electron chi connectivity index (χ4n) is 3.57. The Hall–Kier alpha value is -1.11. The van der Waals surface area contributed by atoms with Gasteiger partial charge in [-0.2, -0.15) is 28.6 Å². The van der Waals surface area contributed by atoms with Gasteiger partial charge in [-0.05, 0) is 31.8 Å². The van der Waals surface area contributed by atoms with E-state index < -0.39 is 17.1 Å². The summed E-state index contributed by atoms with van der Waals surface area (Å²) in [6, 6.07) is 0. The van der Waals surface area contributed by atoms with Crippen LogP contribution in [0.4, 0.5) is 13.2 Å². The zero-order valence-electron chi connectivity index (χ0n) is 15.8. The van der Waals surface area contributed by atoms with Crippen molar-refractivity contribution in [2.45, 2.75) is 64.9 Å². The van der Waals surface area contributed by atoms with Gasteiger partial charge >= 0.3 is 6.18 Å². The molecule has 0 bridgehead atoms. The molecule has 3 nitrogen and oxygen atoms in total. The highest BCUT2D eigenvalue weighted by atomic mass is 35.5. The number of hydrogen-bond acceptors (Lipinski definition) is 2. The van der Waals surface area contributed by atoms with Gasteiger partial charge in [0.1, 0.15) is 12.2 Å². The molecular weight excluding hydrogens is 363 g/mol. The number of likely N-dealkylation sites (N-methyl/N-ethyl adjacent to an activating group) is 1. The van der Waals surface area contributed by atoms with E-state index in [9.17, 15) is 13.2 Å². The molecule has 26 heavy (non-hydrogen) atoms. The van der Waals surface area contributed by atoms with Crippen LogP contribution in [0.3, 0.4) is 0 Å². The van der Waals surface area contributed by atoms with Crippen LogP contribution >= 0.6 is 11.6 Å². The predicted octanol–water partition coefficient (Wildman–Crippen LogP) is 5.59. The lowest BCUT2D eigenvalue weighted by Gasteiger charge is -2.33. The van der Waals surface area contributed by atoms with Gasteiger partial charge in [-0.1, -0.05) is 32.8 Å². The second-order valence-corrected chi connectivity index (χ2v) is 7.41. The lowest BCUT2D eigenvalue weighted by atomic mass is 9.88. The minimum atomic E-state index is -4.50. The normalized spacial score (nSPS) is 29.0. The van der Waals surface area contributed by atoms with E-state index in [1.54, 1.807) is 6.92 Å². The van der Waals surface area contributed by atoms with Gasteiger partial charge in [0.2, 0.25) is 5.84 Å². The SMILES string of the molecule is CCCCC(C=C1C2=C(C=C(C(F)(F)F)C1Cl)N=C(C)[N+]2(N)CC)CC. The molecule has 0 spiro atoms. The first-order chi connectivity index (χ1) is 12.1. The van der Waals surface area contributed by atoms with Gasteiger partial charge in [-0.25, -0.2) is 0 Å². The number of unbranched alkanes of at least 4 members (excludes halogenated alkanes) is 1. The van der Waals surface area contributed by atoms with Crippen molar-refractivity contribution in [1.82, 2.24) is 0 Å². The molecule has 0 aromatic heterocycles. The highest BCUT2D eigenvalue weighted by Gasteiger charge is 2.51. The minimum absolute atomic E-state index is 0.0871. The van der Waals surface area contributed by atoms with Gasteiger partial charge in [-0.15, -0.1) is 11.6 Å². The van der Waals surface area contributed by atoms with Crippen LogP contribution in [0.15, 0.2) is 39.7 Å². The minimum Gasteiger partial charge on any atom is -0.193 e. The molecule has 146 valence electrons. The second-order valence-electron chi connectivity index (χ2n) is 6.97. The quantitative estimate of drug-likeness (QED) is 0.358. The molecule has 2 N–H and O–H groups in total. The molecular formula is C19H28ClF3N3+. The van der Waals surface area contributed by atoms with Crippen molar-refractivity contribution in [3.63, 3.8) is 0 Å². The van der Waals surface area contributed by atoms with Crippen molar-refractivity contribution in [1.29, 1.82) is 0 Å². The zero-order valence-corrected chi connectivity index (χ0v) is 16.6. The first-order valence-corrected chi connectivity index (χ1v) is 9.65. The van der Waals surface area contributed by atoms with Crippen molar-refractivity contribution < 1.29 is 17.8 Å². The van der Waals surface area contributed by atoms with Crippen LogP contribution in [0, 0.1) is 5.92 Å². The largest absolute Gasteiger partial charge is 0.414 e. The van der Waals surface area contributed by atoms with Crippen LogP contribution in [0.25, 0.3) is 0 Å². The van der Waals surface area contributed by atoms with Crippen LogP contribution < -0.4 is 5.84 Å². The Morgan fingerprint density at radius 1 is 1.35 bits per heavy atom. The number of nitrogens with two attached hydrogens (primary N) is 1. The Morgan fingerprint density at radius 2 is 2.00 bits per heavy atom. The molecule has 0 aromatic rings. The van der Waals surface area contributed by atoms with Gasteiger partial charge in [0.15, 0.2) is 5.70 Å². The third kappa shape index (κ3) is 3.78. The third-order valence-corrected chi connectivity index (χ3v) is 5.78. The Kier molecular flexibility index (Phi) is 6.41. The summed E-state index contributed by atoms with van der Waals surface area (Å²) in [5, 5.41) is -1.27. The van der Waals surface area contributed by atoms with Crippen molar-refractivity contribution in [3.8, 4) is 0 Å². The van der Waals surface area contributed by atoms with E-state index in [0.717, 1.165) is 31.8 Å². The Labute approximate surface area is 158 Å². The van der Waals surface area contributed by atoms with E-state index in [2.05, 4.69) is 11.9 Å². The van der Waals surface area contributed by atoms with E-state index in [-0.39, 0.29) is 16.2 Å². The zero-order chi connectivity index (χ0) is 19.7. The standard InChI is InChI=1S/C19H28ClF3N3/c1-5-8-9-13(6-2)10-14-17(20)15(19(21,22)23)11-16-18(14)26(24,7-3)12(4)25-16/h10-11,13,17H,5-9,24H2,1-4H3/q+1. The average Bonchev–Trinajstić information content (AvgIpc) is 2.83. The summed E-state index contributed by atoms with van der Waals surface area (Å²) in [6.07, 6.45) is 2.29. The first-order valence-electron chi connectivity index (χ1n) is 9.22. The molecule has 2 aliphatic rings. The van der Waals surface area contributed by atoms with Crippen molar-refractivity contribution in [2.75, 3.05) is 6.54 Å². The van der Waals surface area contributed by atoms with Crippen LogP contribution in [0.1, 0.15) is 53.4 Å².